The molecule has 2 fully saturated rings. The number of methoxy groups -OCH3 is 1. The minimum Gasteiger partial charge on any atom is -0.475 e. The van der Waals surface area contributed by atoms with Gasteiger partial charge in [-0.15, -0.1) is 10.2 Å². The van der Waals surface area contributed by atoms with Gasteiger partial charge >= 0.3 is 12.1 Å². The third kappa shape index (κ3) is 6.26. The Balaban J connectivity index is 0.000000370. The molecule has 1 aromatic rings. The van der Waals surface area contributed by atoms with Crippen LogP contribution < -0.4 is 4.90 Å². The molecule has 1 spiro atoms. The van der Waals surface area contributed by atoms with Crippen molar-refractivity contribution in [2.24, 2.45) is 5.41 Å². The lowest BCUT2D eigenvalue weighted by Gasteiger charge is -2.39. The Morgan fingerprint density at radius 3 is 2.34 bits per heavy atom. The summed E-state index contributed by atoms with van der Waals surface area (Å²) >= 11 is 1.71. The van der Waals surface area contributed by atoms with E-state index < -0.39 is 12.1 Å². The highest BCUT2D eigenvalue weighted by atomic mass is 32.1. The second kappa shape index (κ2) is 9.57. The summed E-state index contributed by atoms with van der Waals surface area (Å²) in [7, 11) is 1.82. The van der Waals surface area contributed by atoms with Gasteiger partial charge in [0.15, 0.2) is 0 Å². The third-order valence-corrected chi connectivity index (χ3v) is 6.43. The summed E-state index contributed by atoms with van der Waals surface area (Å²) < 4.78 is 37.2. The van der Waals surface area contributed by atoms with Gasteiger partial charge in [-0.05, 0) is 45.4 Å². The summed E-state index contributed by atoms with van der Waals surface area (Å²) in [4.78, 5) is 14.0. The zero-order valence-electron chi connectivity index (χ0n) is 17.2. The Morgan fingerprint density at radius 2 is 1.93 bits per heavy atom. The summed E-state index contributed by atoms with van der Waals surface area (Å²) in [5, 5.41) is 17.7. The molecule has 2 aliphatic heterocycles. The monoisotopic (exact) mass is 438 g/mol. The van der Waals surface area contributed by atoms with E-state index >= 15 is 0 Å². The Morgan fingerprint density at radius 1 is 1.34 bits per heavy atom. The molecule has 0 aromatic carbocycles. The number of aromatic nitrogens is 2. The summed E-state index contributed by atoms with van der Waals surface area (Å²) in [5.41, 5.74) is 0.476. The minimum absolute atomic E-state index is 0.476. The number of carboxylic acid groups (broad SMARTS) is 1. The molecule has 0 radical (unpaired) electrons. The van der Waals surface area contributed by atoms with Crippen LogP contribution in [0.3, 0.4) is 0 Å². The van der Waals surface area contributed by atoms with Gasteiger partial charge in [-0.1, -0.05) is 11.3 Å². The van der Waals surface area contributed by atoms with Crippen LogP contribution in [-0.4, -0.2) is 77.8 Å². The van der Waals surface area contributed by atoms with Crippen LogP contribution in [0.5, 0.6) is 0 Å². The maximum Gasteiger partial charge on any atom is 0.490 e. The highest BCUT2D eigenvalue weighted by Crippen LogP contribution is 2.45. The topological polar surface area (TPSA) is 78.8 Å². The average Bonchev–Trinajstić information content (AvgIpc) is 3.20. The first-order valence-electron chi connectivity index (χ1n) is 9.57. The number of hydrogen-bond acceptors (Lipinski definition) is 7. The Hall–Kier alpha value is -1.46. The predicted octanol–water partition coefficient (Wildman–Crippen LogP) is 3.20. The highest BCUT2D eigenvalue weighted by molar-refractivity contribution is 7.15. The lowest BCUT2D eigenvalue weighted by Crippen LogP contribution is -2.42. The molecule has 1 atom stereocenters. The number of alkyl halides is 3. The van der Waals surface area contributed by atoms with E-state index in [9.17, 15) is 13.2 Å². The maximum absolute atomic E-state index is 10.6. The number of ether oxygens (including phenoxy) is 1. The smallest absolute Gasteiger partial charge is 0.475 e. The zero-order valence-corrected chi connectivity index (χ0v) is 18.0. The second-order valence-corrected chi connectivity index (χ2v) is 9.13. The highest BCUT2D eigenvalue weighted by Gasteiger charge is 2.46. The van der Waals surface area contributed by atoms with Gasteiger partial charge in [0.2, 0.25) is 5.13 Å². The normalized spacial score (nSPS) is 22.1. The molecule has 1 unspecified atom stereocenters. The van der Waals surface area contributed by atoms with E-state index in [1.807, 2.05) is 14.0 Å². The van der Waals surface area contributed by atoms with Crippen molar-refractivity contribution in [1.29, 1.82) is 0 Å². The molecule has 0 aliphatic carbocycles. The fraction of sp³-hybridized carbons (Fsp3) is 0.833. The first kappa shape index (κ1) is 23.8. The number of aryl methyl sites for hydroxylation is 1. The molecule has 3 heterocycles. The molecule has 1 N–H and O–H groups in total. The molecule has 11 heteroatoms. The van der Waals surface area contributed by atoms with Crippen LogP contribution in [0.15, 0.2) is 0 Å². The molecular formula is C18H29F3N4O3S. The number of hydrogen-bond donors (Lipinski definition) is 1. The van der Waals surface area contributed by atoms with Crippen LogP contribution >= 0.6 is 11.3 Å². The first-order valence-corrected chi connectivity index (χ1v) is 10.4. The standard InChI is InChI=1S/C16H28N4OS.C2HF3O2/c1-12(2)20-11-16(9-14(20)10-21-4)5-7-19(8-6-16)15-18-17-13(3)22-15;3-2(4,5)1(6)7/h12,14H,5-11H2,1-4H3;(H,6,7). The number of likely N-dealkylation sites (tertiary alicyclic amines) is 1. The van der Waals surface area contributed by atoms with Crippen LogP contribution in [0, 0.1) is 12.3 Å². The lowest BCUT2D eigenvalue weighted by molar-refractivity contribution is -0.192. The van der Waals surface area contributed by atoms with Crippen molar-refractivity contribution in [3.8, 4) is 0 Å². The molecule has 2 aliphatic rings. The second-order valence-electron chi connectivity index (χ2n) is 7.97. The largest absolute Gasteiger partial charge is 0.490 e. The first-order chi connectivity index (χ1) is 13.5. The number of carbonyl (C=O) groups is 1. The van der Waals surface area contributed by atoms with Crippen molar-refractivity contribution in [2.45, 2.75) is 58.3 Å². The summed E-state index contributed by atoms with van der Waals surface area (Å²) in [6.45, 7) is 10.9. The lowest BCUT2D eigenvalue weighted by atomic mass is 9.77. The molecule has 29 heavy (non-hydrogen) atoms. The van der Waals surface area contributed by atoms with E-state index in [2.05, 4.69) is 33.8 Å². The van der Waals surface area contributed by atoms with Crippen LogP contribution in [-0.2, 0) is 9.53 Å². The SMILES string of the molecule is COCC1CC2(CCN(c3nnc(C)s3)CC2)CN1C(C)C.O=C(O)C(F)(F)F. The maximum atomic E-state index is 10.6. The number of anilines is 1. The third-order valence-electron chi connectivity index (χ3n) is 5.53. The minimum atomic E-state index is -5.08. The van der Waals surface area contributed by atoms with Crippen LogP contribution in [0.25, 0.3) is 0 Å². The van der Waals surface area contributed by atoms with Gasteiger partial charge in [0.25, 0.3) is 0 Å². The summed E-state index contributed by atoms with van der Waals surface area (Å²) in [5.74, 6) is -2.76. The number of carboxylic acids is 1. The van der Waals surface area contributed by atoms with E-state index in [0.717, 1.165) is 29.8 Å². The zero-order chi connectivity index (χ0) is 21.8. The molecule has 3 rings (SSSR count). The van der Waals surface area contributed by atoms with Crippen LogP contribution in [0.1, 0.15) is 38.1 Å². The van der Waals surface area contributed by atoms with Crippen molar-refractivity contribution < 1.29 is 27.8 Å². The van der Waals surface area contributed by atoms with Crippen molar-refractivity contribution >= 4 is 22.4 Å². The summed E-state index contributed by atoms with van der Waals surface area (Å²) in [6.07, 6.45) is -1.29. The molecule has 0 bridgehead atoms. The Kier molecular flexibility index (Phi) is 7.86. The Labute approximate surface area is 172 Å². The average molecular weight is 439 g/mol. The van der Waals surface area contributed by atoms with E-state index in [-0.39, 0.29) is 0 Å². The number of halogens is 3. The Bertz CT molecular complexity index is 676. The van der Waals surface area contributed by atoms with Crippen molar-refractivity contribution in [3.05, 3.63) is 5.01 Å². The van der Waals surface area contributed by atoms with Gasteiger partial charge in [-0.25, -0.2) is 4.79 Å². The molecule has 0 saturated carbocycles. The number of piperidine rings is 1. The molecular weight excluding hydrogens is 409 g/mol. The van der Waals surface area contributed by atoms with Gasteiger partial charge < -0.3 is 14.7 Å². The van der Waals surface area contributed by atoms with Crippen LogP contribution in [0.2, 0.25) is 0 Å². The predicted molar refractivity (Wildman–Crippen MR) is 104 cm³/mol. The van der Waals surface area contributed by atoms with Crippen molar-refractivity contribution in [2.75, 3.05) is 38.3 Å². The molecule has 1 aromatic heterocycles. The van der Waals surface area contributed by atoms with Crippen molar-refractivity contribution in [3.63, 3.8) is 0 Å². The van der Waals surface area contributed by atoms with Gasteiger partial charge in [-0.3, -0.25) is 4.90 Å². The van der Waals surface area contributed by atoms with E-state index in [0.29, 0.717) is 17.5 Å². The van der Waals surface area contributed by atoms with E-state index in [4.69, 9.17) is 14.6 Å². The fourth-order valence-corrected chi connectivity index (χ4v) is 4.84. The van der Waals surface area contributed by atoms with Gasteiger partial charge in [0.05, 0.1) is 6.61 Å². The molecule has 7 nitrogen and oxygen atoms in total. The number of rotatable bonds is 4. The van der Waals surface area contributed by atoms with Gasteiger partial charge in [0.1, 0.15) is 5.01 Å². The van der Waals surface area contributed by atoms with E-state index in [1.54, 1.807) is 11.3 Å². The molecule has 166 valence electrons. The fourth-order valence-electron chi connectivity index (χ4n) is 4.10. The quantitative estimate of drug-likeness (QED) is 0.773. The summed E-state index contributed by atoms with van der Waals surface area (Å²) in [6, 6.07) is 1.18. The van der Waals surface area contributed by atoms with Crippen molar-refractivity contribution in [1.82, 2.24) is 15.1 Å². The van der Waals surface area contributed by atoms with E-state index in [1.165, 1.54) is 25.8 Å². The number of aliphatic carboxylic acids is 1. The van der Waals surface area contributed by atoms with Gasteiger partial charge in [-0.2, -0.15) is 13.2 Å². The molecule has 0 amide bonds. The number of nitrogens with zero attached hydrogens (tertiary/aromatic N) is 4. The van der Waals surface area contributed by atoms with Gasteiger partial charge in [0, 0.05) is 38.8 Å². The molecule has 2 saturated heterocycles. The van der Waals surface area contributed by atoms with Crippen LogP contribution in [0.4, 0.5) is 18.3 Å².